The number of nitrogens with zero attached hydrogens (tertiary/aromatic N) is 4. The summed E-state index contributed by atoms with van der Waals surface area (Å²) < 4.78 is 1.88. The van der Waals surface area contributed by atoms with Crippen molar-refractivity contribution in [1.29, 1.82) is 0 Å². The second kappa shape index (κ2) is 8.97. The van der Waals surface area contributed by atoms with Crippen LogP contribution in [0.1, 0.15) is 64.9 Å². The summed E-state index contributed by atoms with van der Waals surface area (Å²) in [5.74, 6) is -2.07. The molecule has 5 amide bonds. The Bertz CT molecular complexity index is 1240. The molecule has 11 nitrogen and oxygen atoms in total. The average molecular weight is 479 g/mol. The molecule has 2 atom stereocenters. The Kier molecular flexibility index (Phi) is 5.83. The summed E-state index contributed by atoms with van der Waals surface area (Å²) in [5.41, 5.74) is 1.83. The lowest BCUT2D eigenvalue weighted by molar-refractivity contribution is -0.136. The molecule has 0 bridgehead atoms. The zero-order chi connectivity index (χ0) is 24.7. The number of benzene rings is 1. The standard InChI is InChI=1S/C24H26N6O5/c1-14(31)28-9-3-4-16(13-28)29-12-15(11-26-29)10-25-18-6-2-5-17-21(18)24(35)30(23(17)34)19-7-8-20(32)27-22(19)33/h2,5-6,11-12,16,19,25H,3-4,7-10,13H2,1H3,(H,27,32,33). The molecule has 11 heteroatoms. The fraction of sp³-hybridized carbons (Fsp3) is 0.417. The fourth-order valence-corrected chi connectivity index (χ4v) is 4.98. The first-order valence-corrected chi connectivity index (χ1v) is 11.7. The van der Waals surface area contributed by atoms with Crippen LogP contribution < -0.4 is 10.6 Å². The SMILES string of the molecule is CC(=O)N1CCCC(n2cc(CNc3cccc4c3C(=O)N(C3CCC(=O)NC3=O)C4=O)cn2)C1. The van der Waals surface area contributed by atoms with Crippen LogP contribution in [0.3, 0.4) is 0 Å². The highest BCUT2D eigenvalue weighted by Gasteiger charge is 2.45. The second-order valence-electron chi connectivity index (χ2n) is 9.12. The van der Waals surface area contributed by atoms with Crippen molar-refractivity contribution in [1.82, 2.24) is 24.9 Å². The molecule has 0 saturated carbocycles. The van der Waals surface area contributed by atoms with Gasteiger partial charge in [0, 0.05) is 50.4 Å². The largest absolute Gasteiger partial charge is 0.380 e. The lowest BCUT2D eigenvalue weighted by atomic mass is 10.0. The number of rotatable bonds is 5. The van der Waals surface area contributed by atoms with Crippen LogP contribution in [-0.4, -0.2) is 68.2 Å². The fourth-order valence-electron chi connectivity index (χ4n) is 4.98. The quantitative estimate of drug-likeness (QED) is 0.614. The molecule has 1 aromatic heterocycles. The van der Waals surface area contributed by atoms with E-state index >= 15 is 0 Å². The van der Waals surface area contributed by atoms with E-state index in [0.717, 1.165) is 29.8 Å². The van der Waals surface area contributed by atoms with Gasteiger partial charge in [-0.25, -0.2) is 0 Å². The highest BCUT2D eigenvalue weighted by molar-refractivity contribution is 6.25. The summed E-state index contributed by atoms with van der Waals surface area (Å²) in [6.45, 7) is 3.35. The minimum absolute atomic E-state index is 0.0623. The average Bonchev–Trinajstić information content (AvgIpc) is 3.42. The van der Waals surface area contributed by atoms with E-state index in [0.29, 0.717) is 18.8 Å². The van der Waals surface area contributed by atoms with Crippen molar-refractivity contribution >= 4 is 35.2 Å². The highest BCUT2D eigenvalue weighted by Crippen LogP contribution is 2.32. The summed E-state index contributed by atoms with van der Waals surface area (Å²) in [4.78, 5) is 64.5. The van der Waals surface area contributed by atoms with Crippen LogP contribution >= 0.6 is 0 Å². The molecule has 2 unspecified atom stereocenters. The number of imide groups is 2. The first-order valence-electron chi connectivity index (χ1n) is 11.7. The minimum Gasteiger partial charge on any atom is -0.380 e. The summed E-state index contributed by atoms with van der Waals surface area (Å²) in [6.07, 6.45) is 5.72. The van der Waals surface area contributed by atoms with Crippen LogP contribution in [0, 0.1) is 0 Å². The van der Waals surface area contributed by atoms with Crippen molar-refractivity contribution in [2.45, 2.75) is 51.2 Å². The molecule has 182 valence electrons. The first kappa shape index (κ1) is 22.8. The molecule has 3 aliphatic rings. The molecule has 5 rings (SSSR count). The van der Waals surface area contributed by atoms with E-state index in [1.54, 1.807) is 31.3 Å². The van der Waals surface area contributed by atoms with Gasteiger partial charge in [0.05, 0.1) is 23.4 Å². The number of aromatic nitrogens is 2. The number of fused-ring (bicyclic) bond motifs is 1. The van der Waals surface area contributed by atoms with Gasteiger partial charge in [-0.1, -0.05) is 6.07 Å². The molecular formula is C24H26N6O5. The molecule has 0 aliphatic carbocycles. The third-order valence-electron chi connectivity index (χ3n) is 6.82. The van der Waals surface area contributed by atoms with Gasteiger partial charge < -0.3 is 10.2 Å². The molecule has 2 fully saturated rings. The van der Waals surface area contributed by atoms with Gasteiger partial charge in [-0.2, -0.15) is 5.10 Å². The van der Waals surface area contributed by atoms with Crippen molar-refractivity contribution in [3.05, 3.63) is 47.3 Å². The van der Waals surface area contributed by atoms with Crippen molar-refractivity contribution in [3.8, 4) is 0 Å². The first-order chi connectivity index (χ1) is 16.8. The van der Waals surface area contributed by atoms with E-state index in [2.05, 4.69) is 15.7 Å². The predicted octanol–water partition coefficient (Wildman–Crippen LogP) is 1.08. The molecule has 2 saturated heterocycles. The zero-order valence-corrected chi connectivity index (χ0v) is 19.3. The molecule has 0 radical (unpaired) electrons. The van der Waals surface area contributed by atoms with Crippen LogP contribution in [0.15, 0.2) is 30.6 Å². The van der Waals surface area contributed by atoms with Crippen molar-refractivity contribution < 1.29 is 24.0 Å². The summed E-state index contributed by atoms with van der Waals surface area (Å²) in [7, 11) is 0. The monoisotopic (exact) mass is 478 g/mol. The van der Waals surface area contributed by atoms with Crippen LogP contribution in [0.5, 0.6) is 0 Å². The molecule has 35 heavy (non-hydrogen) atoms. The highest BCUT2D eigenvalue weighted by atomic mass is 16.2. The maximum atomic E-state index is 13.2. The molecule has 2 N–H and O–H groups in total. The Morgan fingerprint density at radius 1 is 1.17 bits per heavy atom. The topological polar surface area (TPSA) is 134 Å². The third-order valence-corrected chi connectivity index (χ3v) is 6.82. The maximum absolute atomic E-state index is 13.2. The number of nitrogens with one attached hydrogen (secondary N) is 2. The van der Waals surface area contributed by atoms with Gasteiger partial charge in [0.15, 0.2) is 0 Å². The Morgan fingerprint density at radius 3 is 2.77 bits per heavy atom. The van der Waals surface area contributed by atoms with E-state index in [9.17, 15) is 24.0 Å². The van der Waals surface area contributed by atoms with Gasteiger partial charge in [-0.3, -0.25) is 38.9 Å². The number of piperidine rings is 2. The summed E-state index contributed by atoms with van der Waals surface area (Å²) >= 11 is 0. The summed E-state index contributed by atoms with van der Waals surface area (Å²) in [6, 6.07) is 4.07. The normalized spacial score (nSPS) is 22.3. The Hall–Kier alpha value is -4.02. The molecule has 0 spiro atoms. The van der Waals surface area contributed by atoms with Crippen molar-refractivity contribution in [2.75, 3.05) is 18.4 Å². The van der Waals surface area contributed by atoms with Crippen LogP contribution in [-0.2, 0) is 20.9 Å². The summed E-state index contributed by atoms with van der Waals surface area (Å²) in [5, 5.41) is 9.90. The van der Waals surface area contributed by atoms with E-state index in [-0.39, 0.29) is 35.9 Å². The Morgan fingerprint density at radius 2 is 2.00 bits per heavy atom. The lowest BCUT2D eigenvalue weighted by Gasteiger charge is -2.32. The number of anilines is 1. The second-order valence-corrected chi connectivity index (χ2v) is 9.12. The van der Waals surface area contributed by atoms with E-state index in [1.165, 1.54) is 0 Å². The predicted molar refractivity (Wildman–Crippen MR) is 123 cm³/mol. The van der Waals surface area contributed by atoms with E-state index in [4.69, 9.17) is 0 Å². The van der Waals surface area contributed by atoms with Gasteiger partial charge in [-0.15, -0.1) is 0 Å². The van der Waals surface area contributed by atoms with Crippen molar-refractivity contribution in [2.24, 2.45) is 0 Å². The molecule has 2 aromatic rings. The van der Waals surface area contributed by atoms with Crippen LogP contribution in [0.25, 0.3) is 0 Å². The van der Waals surface area contributed by atoms with Gasteiger partial charge in [0.2, 0.25) is 17.7 Å². The number of likely N-dealkylation sites (tertiary alicyclic amines) is 1. The van der Waals surface area contributed by atoms with Gasteiger partial charge >= 0.3 is 0 Å². The number of hydrogen-bond donors (Lipinski definition) is 2. The Balaban J connectivity index is 1.30. The number of hydrogen-bond acceptors (Lipinski definition) is 7. The maximum Gasteiger partial charge on any atom is 0.264 e. The lowest BCUT2D eigenvalue weighted by Crippen LogP contribution is -2.54. The number of amides is 5. The van der Waals surface area contributed by atoms with Gasteiger partial charge in [0.1, 0.15) is 6.04 Å². The van der Waals surface area contributed by atoms with Gasteiger partial charge in [-0.05, 0) is 31.4 Å². The molecule has 1 aromatic carbocycles. The minimum atomic E-state index is -1.00. The molecular weight excluding hydrogens is 452 g/mol. The zero-order valence-electron chi connectivity index (χ0n) is 19.3. The van der Waals surface area contributed by atoms with Crippen LogP contribution in [0.2, 0.25) is 0 Å². The number of carbonyl (C=O) groups is 5. The number of carbonyl (C=O) groups excluding carboxylic acids is 5. The van der Waals surface area contributed by atoms with Gasteiger partial charge in [0.25, 0.3) is 11.8 Å². The molecule has 3 aliphatic heterocycles. The Labute approximate surface area is 201 Å². The van der Waals surface area contributed by atoms with Crippen LogP contribution in [0.4, 0.5) is 5.69 Å². The molecule has 4 heterocycles. The van der Waals surface area contributed by atoms with Crippen molar-refractivity contribution in [3.63, 3.8) is 0 Å². The smallest absolute Gasteiger partial charge is 0.264 e. The van der Waals surface area contributed by atoms with E-state index in [1.807, 2.05) is 15.8 Å². The van der Waals surface area contributed by atoms with E-state index < -0.39 is 29.7 Å². The third kappa shape index (κ3) is 4.17.